The first kappa shape index (κ1) is 16.3. The first-order valence-corrected chi connectivity index (χ1v) is 6.13. The number of aliphatic hydroxyl groups excluding tert-OH is 3. The zero-order chi connectivity index (χ0) is 14.6. The molecular weight excluding hydrogens is 256 g/mol. The van der Waals surface area contributed by atoms with Crippen molar-refractivity contribution in [1.82, 2.24) is 5.32 Å². The van der Waals surface area contributed by atoms with E-state index in [1.807, 2.05) is 0 Å². The van der Waals surface area contributed by atoms with Gasteiger partial charge in [0.25, 0.3) is 0 Å². The molecule has 1 aliphatic heterocycles. The molecule has 8 heteroatoms. The smallest absolute Gasteiger partial charge is 0.217 e. The van der Waals surface area contributed by atoms with Crippen LogP contribution in [-0.2, 0) is 14.3 Å². The van der Waals surface area contributed by atoms with Crippen molar-refractivity contribution in [3.05, 3.63) is 0 Å². The van der Waals surface area contributed by atoms with Crippen LogP contribution in [0.1, 0.15) is 13.8 Å². The third-order valence-electron chi connectivity index (χ3n) is 2.77. The molecule has 0 aromatic heterocycles. The lowest BCUT2D eigenvalue weighted by molar-refractivity contribution is -0.270. The highest BCUT2D eigenvalue weighted by Crippen LogP contribution is 2.22. The molecule has 1 heterocycles. The van der Waals surface area contributed by atoms with Crippen LogP contribution in [0.2, 0.25) is 0 Å². The molecule has 8 nitrogen and oxygen atoms in total. The lowest BCUT2D eigenvalue weighted by Gasteiger charge is -2.42. The highest BCUT2D eigenvalue weighted by molar-refractivity contribution is 5.73. The number of nitrogens with two attached hydrogens (primary N) is 1. The topological polar surface area (TPSA) is 134 Å². The lowest BCUT2D eigenvalue weighted by atomic mass is 9.97. The number of carbonyl (C=O) groups excluding carboxylic acids is 1. The van der Waals surface area contributed by atoms with Crippen LogP contribution in [0.3, 0.4) is 0 Å². The second kappa shape index (κ2) is 7.13. The molecule has 1 aliphatic rings. The Labute approximate surface area is 111 Å². The van der Waals surface area contributed by atoms with Crippen LogP contribution >= 0.6 is 0 Å². The normalized spacial score (nSPS) is 36.8. The van der Waals surface area contributed by atoms with Crippen LogP contribution in [0.25, 0.3) is 0 Å². The summed E-state index contributed by atoms with van der Waals surface area (Å²) in [4.78, 5) is 11.1. The lowest BCUT2D eigenvalue weighted by Crippen LogP contribution is -2.64. The summed E-state index contributed by atoms with van der Waals surface area (Å²) in [5.74, 6) is -0.392. The Bertz CT molecular complexity index is 301. The number of hydrogen-bond acceptors (Lipinski definition) is 7. The Morgan fingerprint density at radius 3 is 2.58 bits per heavy atom. The molecule has 0 aliphatic carbocycles. The summed E-state index contributed by atoms with van der Waals surface area (Å²) in [6.07, 6.45) is -4.56. The summed E-state index contributed by atoms with van der Waals surface area (Å²) in [6, 6.07) is -1.17. The summed E-state index contributed by atoms with van der Waals surface area (Å²) in [7, 11) is 0. The van der Waals surface area contributed by atoms with Crippen molar-refractivity contribution in [2.75, 3.05) is 13.2 Å². The van der Waals surface area contributed by atoms with E-state index < -0.39 is 43.2 Å². The van der Waals surface area contributed by atoms with E-state index in [1.165, 1.54) is 6.92 Å². The molecular formula is C11H22N2O6. The second-order valence-electron chi connectivity index (χ2n) is 4.74. The predicted octanol–water partition coefficient (Wildman–Crippen LogP) is -2.71. The average molecular weight is 278 g/mol. The second-order valence-corrected chi connectivity index (χ2v) is 4.74. The summed E-state index contributed by atoms with van der Waals surface area (Å²) in [5.41, 5.74) is 5.56. The van der Waals surface area contributed by atoms with E-state index in [0.717, 1.165) is 0 Å². The Morgan fingerprint density at radius 2 is 2.11 bits per heavy atom. The summed E-state index contributed by atoms with van der Waals surface area (Å²) < 4.78 is 10.7. The van der Waals surface area contributed by atoms with Gasteiger partial charge in [-0.15, -0.1) is 0 Å². The fourth-order valence-corrected chi connectivity index (χ4v) is 1.86. The predicted molar refractivity (Wildman–Crippen MR) is 65.0 cm³/mol. The first-order chi connectivity index (χ1) is 8.86. The van der Waals surface area contributed by atoms with E-state index in [1.54, 1.807) is 6.92 Å². The van der Waals surface area contributed by atoms with Crippen molar-refractivity contribution in [3.8, 4) is 0 Å². The van der Waals surface area contributed by atoms with E-state index in [9.17, 15) is 15.0 Å². The van der Waals surface area contributed by atoms with Gasteiger partial charge in [-0.1, -0.05) is 0 Å². The zero-order valence-corrected chi connectivity index (χ0v) is 11.0. The number of amides is 1. The summed E-state index contributed by atoms with van der Waals surface area (Å²) >= 11 is 0. The molecule has 1 rings (SSSR count). The van der Waals surface area contributed by atoms with Gasteiger partial charge in [0.15, 0.2) is 6.29 Å². The summed E-state index contributed by atoms with van der Waals surface area (Å²) in [5, 5.41) is 31.2. The SMILES string of the molecule is CC(=O)NC1C(OCC(C)N)OC(CO)C(O)C1O. The molecule has 6 N–H and O–H groups in total. The van der Waals surface area contributed by atoms with Crippen molar-refractivity contribution in [2.24, 2.45) is 5.73 Å². The third-order valence-corrected chi connectivity index (χ3v) is 2.77. The molecule has 0 spiro atoms. The molecule has 1 saturated heterocycles. The van der Waals surface area contributed by atoms with Crippen molar-refractivity contribution in [3.63, 3.8) is 0 Å². The van der Waals surface area contributed by atoms with Crippen LogP contribution < -0.4 is 11.1 Å². The maximum atomic E-state index is 11.1. The monoisotopic (exact) mass is 278 g/mol. The molecule has 0 saturated carbocycles. The number of hydrogen-bond donors (Lipinski definition) is 5. The fraction of sp³-hybridized carbons (Fsp3) is 0.909. The molecule has 6 unspecified atom stereocenters. The number of rotatable bonds is 5. The van der Waals surface area contributed by atoms with E-state index in [2.05, 4.69) is 5.32 Å². The first-order valence-electron chi connectivity index (χ1n) is 6.13. The van der Waals surface area contributed by atoms with Crippen molar-refractivity contribution in [2.45, 2.75) is 50.5 Å². The summed E-state index contributed by atoms with van der Waals surface area (Å²) in [6.45, 7) is 2.69. The molecule has 1 fully saturated rings. The standard InChI is InChI=1S/C11H22N2O6/c1-5(12)4-18-11-8(13-6(2)15)10(17)9(16)7(3-14)19-11/h5,7-11,14,16-17H,3-4,12H2,1-2H3,(H,13,15). The Balaban J connectivity index is 2.77. The Kier molecular flexibility index (Phi) is 6.11. The van der Waals surface area contributed by atoms with Gasteiger partial charge in [-0.3, -0.25) is 4.79 Å². The van der Waals surface area contributed by atoms with E-state index in [-0.39, 0.29) is 12.6 Å². The third kappa shape index (κ3) is 4.37. The van der Waals surface area contributed by atoms with Crippen LogP contribution in [0.5, 0.6) is 0 Å². The largest absolute Gasteiger partial charge is 0.394 e. The minimum absolute atomic E-state index is 0.154. The average Bonchev–Trinajstić information content (AvgIpc) is 2.33. The molecule has 0 bridgehead atoms. The molecule has 19 heavy (non-hydrogen) atoms. The molecule has 6 atom stereocenters. The van der Waals surface area contributed by atoms with Crippen LogP contribution in [0.15, 0.2) is 0 Å². The number of aliphatic hydroxyl groups is 3. The van der Waals surface area contributed by atoms with Crippen LogP contribution in [-0.4, -0.2) is 71.1 Å². The molecule has 1 amide bonds. The van der Waals surface area contributed by atoms with Gasteiger partial charge in [-0.25, -0.2) is 0 Å². The van der Waals surface area contributed by atoms with Crippen molar-refractivity contribution in [1.29, 1.82) is 0 Å². The molecule has 0 aromatic rings. The molecule has 112 valence electrons. The van der Waals surface area contributed by atoms with Gasteiger partial charge in [-0.05, 0) is 6.92 Å². The number of carbonyl (C=O) groups is 1. The van der Waals surface area contributed by atoms with Crippen LogP contribution in [0.4, 0.5) is 0 Å². The molecule has 0 aromatic carbocycles. The number of ether oxygens (including phenoxy) is 2. The highest BCUT2D eigenvalue weighted by Gasteiger charge is 2.45. The van der Waals surface area contributed by atoms with Gasteiger partial charge in [0, 0.05) is 13.0 Å². The van der Waals surface area contributed by atoms with E-state index in [0.29, 0.717) is 0 Å². The van der Waals surface area contributed by atoms with Crippen molar-refractivity contribution >= 4 is 5.91 Å². The maximum absolute atomic E-state index is 11.1. The Hall–Kier alpha value is -0.770. The minimum atomic E-state index is -1.31. The maximum Gasteiger partial charge on any atom is 0.217 e. The van der Waals surface area contributed by atoms with Gasteiger partial charge in [-0.2, -0.15) is 0 Å². The van der Waals surface area contributed by atoms with Gasteiger partial charge in [0.05, 0.1) is 13.2 Å². The van der Waals surface area contributed by atoms with Gasteiger partial charge >= 0.3 is 0 Å². The zero-order valence-electron chi connectivity index (χ0n) is 11.0. The quantitative estimate of drug-likeness (QED) is 0.369. The van der Waals surface area contributed by atoms with Gasteiger partial charge in [0.1, 0.15) is 24.4 Å². The minimum Gasteiger partial charge on any atom is -0.394 e. The number of nitrogens with one attached hydrogen (secondary N) is 1. The molecule has 0 radical (unpaired) electrons. The Morgan fingerprint density at radius 1 is 1.47 bits per heavy atom. The van der Waals surface area contributed by atoms with Crippen molar-refractivity contribution < 1.29 is 29.6 Å². The highest BCUT2D eigenvalue weighted by atomic mass is 16.7. The van der Waals surface area contributed by atoms with Gasteiger partial charge in [0.2, 0.25) is 5.91 Å². The van der Waals surface area contributed by atoms with Gasteiger partial charge < -0.3 is 35.8 Å². The fourth-order valence-electron chi connectivity index (χ4n) is 1.86. The van der Waals surface area contributed by atoms with E-state index >= 15 is 0 Å². The van der Waals surface area contributed by atoms with Crippen LogP contribution in [0, 0.1) is 0 Å². The van der Waals surface area contributed by atoms with E-state index in [4.69, 9.17) is 20.3 Å².